The van der Waals surface area contributed by atoms with Gasteiger partial charge in [-0.1, -0.05) is 6.07 Å². The Bertz CT molecular complexity index is 301. The molecule has 0 aromatic heterocycles. The zero-order valence-corrected chi connectivity index (χ0v) is 8.10. The van der Waals surface area contributed by atoms with Crippen molar-refractivity contribution in [2.75, 3.05) is 24.3 Å². The van der Waals surface area contributed by atoms with E-state index in [0.29, 0.717) is 12.5 Å². The Hall–Kier alpha value is -0.890. The van der Waals surface area contributed by atoms with Crippen LogP contribution >= 0.6 is 11.6 Å². The summed E-state index contributed by atoms with van der Waals surface area (Å²) < 4.78 is 5.53. The number of alkyl halides is 1. The molecular formula is C10H12ClNO. The van der Waals surface area contributed by atoms with Gasteiger partial charge in [-0.2, -0.15) is 0 Å². The maximum absolute atomic E-state index is 5.56. The molecule has 3 heteroatoms. The van der Waals surface area contributed by atoms with Crippen molar-refractivity contribution >= 4 is 17.3 Å². The van der Waals surface area contributed by atoms with Gasteiger partial charge in [0.25, 0.3) is 0 Å². The fraction of sp³-hybridized carbons (Fsp3) is 0.400. The van der Waals surface area contributed by atoms with Gasteiger partial charge in [0.2, 0.25) is 0 Å². The number of hydrogen-bond donors (Lipinski definition) is 1. The first kappa shape index (κ1) is 8.70. The quantitative estimate of drug-likeness (QED) is 0.751. The molecule has 0 saturated carbocycles. The van der Waals surface area contributed by atoms with Gasteiger partial charge in [0.15, 0.2) is 0 Å². The van der Waals surface area contributed by atoms with Gasteiger partial charge in [-0.05, 0) is 18.6 Å². The van der Waals surface area contributed by atoms with Crippen LogP contribution in [0.5, 0.6) is 5.75 Å². The summed E-state index contributed by atoms with van der Waals surface area (Å²) in [6.45, 7) is 1.59. The smallest absolute Gasteiger partial charge is 0.124 e. The normalized spacial score (nSPS) is 13.6. The van der Waals surface area contributed by atoms with Crippen LogP contribution in [0, 0.1) is 0 Å². The molecule has 0 aliphatic carbocycles. The number of nitrogens with one attached hydrogen (secondary N) is 1. The minimum Gasteiger partial charge on any atom is -0.492 e. The third-order valence-electron chi connectivity index (χ3n) is 2.16. The number of fused-ring (bicyclic) bond motifs is 1. The Morgan fingerprint density at radius 1 is 1.46 bits per heavy atom. The van der Waals surface area contributed by atoms with Crippen molar-refractivity contribution in [3.8, 4) is 5.75 Å². The molecule has 0 fully saturated rings. The molecule has 2 nitrogen and oxygen atoms in total. The molecule has 1 N–H and O–H groups in total. The molecule has 0 atom stereocenters. The van der Waals surface area contributed by atoms with E-state index in [1.54, 1.807) is 0 Å². The molecule has 0 saturated heterocycles. The molecule has 2 rings (SSSR count). The second kappa shape index (κ2) is 3.88. The van der Waals surface area contributed by atoms with Crippen molar-refractivity contribution in [3.63, 3.8) is 0 Å². The molecule has 1 aromatic carbocycles. The number of anilines is 1. The molecule has 0 unspecified atom stereocenters. The fourth-order valence-electron chi connectivity index (χ4n) is 1.60. The highest BCUT2D eigenvalue weighted by Crippen LogP contribution is 2.30. The maximum Gasteiger partial charge on any atom is 0.124 e. The van der Waals surface area contributed by atoms with Gasteiger partial charge in [-0.3, -0.25) is 0 Å². The molecule has 13 heavy (non-hydrogen) atoms. The monoisotopic (exact) mass is 197 g/mol. The van der Waals surface area contributed by atoms with Crippen molar-refractivity contribution in [1.29, 1.82) is 0 Å². The highest BCUT2D eigenvalue weighted by atomic mass is 35.5. The Morgan fingerprint density at radius 3 is 3.23 bits per heavy atom. The van der Waals surface area contributed by atoms with E-state index in [0.717, 1.165) is 18.7 Å². The first-order valence-corrected chi connectivity index (χ1v) is 5.00. The largest absolute Gasteiger partial charge is 0.492 e. The van der Waals surface area contributed by atoms with Crippen LogP contribution in [-0.2, 0) is 6.42 Å². The van der Waals surface area contributed by atoms with E-state index in [1.165, 1.54) is 11.3 Å². The summed E-state index contributed by atoms with van der Waals surface area (Å²) in [6.07, 6.45) is 1.05. The lowest BCUT2D eigenvalue weighted by atomic mass is 10.1. The molecule has 1 heterocycles. The van der Waals surface area contributed by atoms with Crippen LogP contribution in [0.1, 0.15) is 5.56 Å². The standard InChI is InChI=1S/C10H12ClNO/c11-5-7-13-10-3-1-2-9-8(10)4-6-12-9/h1-3,12H,4-7H2. The Balaban J connectivity index is 2.20. The zero-order valence-electron chi connectivity index (χ0n) is 7.35. The Labute approximate surface area is 82.9 Å². The van der Waals surface area contributed by atoms with Crippen LogP contribution in [0.25, 0.3) is 0 Å². The van der Waals surface area contributed by atoms with Crippen LogP contribution in [0.2, 0.25) is 0 Å². The van der Waals surface area contributed by atoms with E-state index in [4.69, 9.17) is 16.3 Å². The summed E-state index contributed by atoms with van der Waals surface area (Å²) in [6, 6.07) is 6.08. The van der Waals surface area contributed by atoms with E-state index < -0.39 is 0 Å². The topological polar surface area (TPSA) is 21.3 Å². The van der Waals surface area contributed by atoms with Gasteiger partial charge in [-0.15, -0.1) is 11.6 Å². The summed E-state index contributed by atoms with van der Waals surface area (Å²) in [4.78, 5) is 0. The highest BCUT2D eigenvalue weighted by molar-refractivity contribution is 6.18. The Morgan fingerprint density at radius 2 is 2.38 bits per heavy atom. The Kier molecular flexibility index (Phi) is 2.60. The summed E-state index contributed by atoms with van der Waals surface area (Å²) in [7, 11) is 0. The minimum absolute atomic E-state index is 0.539. The summed E-state index contributed by atoms with van der Waals surface area (Å²) in [5, 5.41) is 3.30. The number of ether oxygens (including phenoxy) is 1. The lowest BCUT2D eigenvalue weighted by Gasteiger charge is -2.08. The SMILES string of the molecule is ClCCOc1cccc2c1CCN2. The maximum atomic E-state index is 5.56. The summed E-state index contributed by atoms with van der Waals surface area (Å²) in [5.41, 5.74) is 2.49. The highest BCUT2D eigenvalue weighted by Gasteiger charge is 2.13. The number of rotatable bonds is 3. The van der Waals surface area contributed by atoms with E-state index in [1.807, 2.05) is 12.1 Å². The van der Waals surface area contributed by atoms with Gasteiger partial charge >= 0.3 is 0 Å². The van der Waals surface area contributed by atoms with Crippen molar-refractivity contribution < 1.29 is 4.74 Å². The van der Waals surface area contributed by atoms with Gasteiger partial charge in [-0.25, -0.2) is 0 Å². The zero-order chi connectivity index (χ0) is 9.10. The third kappa shape index (κ3) is 1.73. The predicted octanol–water partition coefficient (Wildman–Crippen LogP) is 2.27. The van der Waals surface area contributed by atoms with Crippen molar-refractivity contribution in [3.05, 3.63) is 23.8 Å². The fourth-order valence-corrected chi connectivity index (χ4v) is 1.67. The van der Waals surface area contributed by atoms with Crippen LogP contribution < -0.4 is 10.1 Å². The van der Waals surface area contributed by atoms with E-state index in [2.05, 4.69) is 11.4 Å². The van der Waals surface area contributed by atoms with Crippen LogP contribution in [0.15, 0.2) is 18.2 Å². The van der Waals surface area contributed by atoms with Crippen molar-refractivity contribution in [2.24, 2.45) is 0 Å². The number of halogens is 1. The first-order valence-electron chi connectivity index (χ1n) is 4.46. The van der Waals surface area contributed by atoms with Crippen LogP contribution in [0.3, 0.4) is 0 Å². The molecule has 0 amide bonds. The summed E-state index contributed by atoms with van der Waals surface area (Å²) >= 11 is 5.56. The number of hydrogen-bond acceptors (Lipinski definition) is 2. The molecule has 0 spiro atoms. The van der Waals surface area contributed by atoms with Crippen molar-refractivity contribution in [1.82, 2.24) is 0 Å². The lowest BCUT2D eigenvalue weighted by Crippen LogP contribution is -2.00. The average Bonchev–Trinajstić information content (AvgIpc) is 2.62. The van der Waals surface area contributed by atoms with Crippen LogP contribution in [-0.4, -0.2) is 19.0 Å². The van der Waals surface area contributed by atoms with E-state index in [9.17, 15) is 0 Å². The molecular weight excluding hydrogens is 186 g/mol. The van der Waals surface area contributed by atoms with Crippen LogP contribution in [0.4, 0.5) is 5.69 Å². The van der Waals surface area contributed by atoms with Crippen molar-refractivity contribution in [2.45, 2.75) is 6.42 Å². The molecule has 0 radical (unpaired) electrons. The molecule has 1 aromatic rings. The van der Waals surface area contributed by atoms with E-state index >= 15 is 0 Å². The minimum atomic E-state index is 0.539. The molecule has 1 aliphatic heterocycles. The van der Waals surface area contributed by atoms with Gasteiger partial charge in [0.05, 0.1) is 5.88 Å². The second-order valence-electron chi connectivity index (χ2n) is 3.00. The number of benzene rings is 1. The summed E-state index contributed by atoms with van der Waals surface area (Å²) in [5.74, 6) is 1.51. The third-order valence-corrected chi connectivity index (χ3v) is 2.31. The first-order chi connectivity index (χ1) is 6.42. The van der Waals surface area contributed by atoms with Gasteiger partial charge in [0.1, 0.15) is 12.4 Å². The molecule has 1 aliphatic rings. The molecule has 70 valence electrons. The molecule has 0 bridgehead atoms. The average molecular weight is 198 g/mol. The van der Waals surface area contributed by atoms with E-state index in [-0.39, 0.29) is 0 Å². The second-order valence-corrected chi connectivity index (χ2v) is 3.37. The van der Waals surface area contributed by atoms with Gasteiger partial charge in [0, 0.05) is 17.8 Å². The lowest BCUT2D eigenvalue weighted by molar-refractivity contribution is 0.340. The predicted molar refractivity (Wildman–Crippen MR) is 54.9 cm³/mol. The van der Waals surface area contributed by atoms with Gasteiger partial charge < -0.3 is 10.1 Å².